The van der Waals surface area contributed by atoms with E-state index in [9.17, 15) is 8.42 Å². The summed E-state index contributed by atoms with van der Waals surface area (Å²) in [5.74, 6) is 0.105. The van der Waals surface area contributed by atoms with Gasteiger partial charge in [0.1, 0.15) is 0 Å². The Labute approximate surface area is 128 Å². The second-order valence-corrected chi connectivity index (χ2v) is 7.34. The molecule has 0 aliphatic heterocycles. The molecule has 0 saturated carbocycles. The van der Waals surface area contributed by atoms with Gasteiger partial charge >= 0.3 is 0 Å². The summed E-state index contributed by atoms with van der Waals surface area (Å²) in [5.41, 5.74) is 1.97. The van der Waals surface area contributed by atoms with Gasteiger partial charge in [-0.05, 0) is 29.7 Å². The van der Waals surface area contributed by atoms with Crippen LogP contribution >= 0.6 is 15.9 Å². The van der Waals surface area contributed by atoms with Crippen molar-refractivity contribution in [2.75, 3.05) is 5.75 Å². The Hall–Kier alpha value is -1.17. The lowest BCUT2D eigenvalue weighted by molar-refractivity contribution is 0.580. The number of nitrogens with one attached hydrogen (secondary N) is 1. The highest BCUT2D eigenvalue weighted by Crippen LogP contribution is 2.10. The molecule has 2 rings (SSSR count). The van der Waals surface area contributed by atoms with E-state index in [4.69, 9.17) is 0 Å². The maximum atomic E-state index is 11.9. The van der Waals surface area contributed by atoms with E-state index in [0.29, 0.717) is 13.0 Å². The molecule has 106 valence electrons. The van der Waals surface area contributed by atoms with Crippen LogP contribution < -0.4 is 4.72 Å². The van der Waals surface area contributed by atoms with Crippen LogP contribution in [0.4, 0.5) is 0 Å². The van der Waals surface area contributed by atoms with Gasteiger partial charge in [0.05, 0.1) is 5.75 Å². The topological polar surface area (TPSA) is 46.2 Å². The molecule has 0 saturated heterocycles. The van der Waals surface area contributed by atoms with Crippen molar-refractivity contribution in [3.8, 4) is 0 Å². The monoisotopic (exact) mass is 353 g/mol. The summed E-state index contributed by atoms with van der Waals surface area (Å²) >= 11 is 3.35. The molecule has 2 aromatic carbocycles. The van der Waals surface area contributed by atoms with Crippen LogP contribution in [0.1, 0.15) is 11.1 Å². The van der Waals surface area contributed by atoms with Crippen molar-refractivity contribution in [2.24, 2.45) is 0 Å². The Bertz CT molecular complexity index is 639. The van der Waals surface area contributed by atoms with Gasteiger partial charge in [-0.15, -0.1) is 0 Å². The van der Waals surface area contributed by atoms with Crippen molar-refractivity contribution in [3.05, 3.63) is 70.2 Å². The first-order valence-corrected chi connectivity index (χ1v) is 8.75. The lowest BCUT2D eigenvalue weighted by Crippen LogP contribution is -2.26. The Balaban J connectivity index is 1.86. The summed E-state index contributed by atoms with van der Waals surface area (Å²) in [6, 6.07) is 17.2. The van der Waals surface area contributed by atoms with E-state index in [2.05, 4.69) is 20.7 Å². The Morgan fingerprint density at radius 1 is 0.900 bits per heavy atom. The van der Waals surface area contributed by atoms with Gasteiger partial charge in [0, 0.05) is 11.0 Å². The molecule has 2 aromatic rings. The number of rotatable bonds is 6. The fourth-order valence-corrected chi connectivity index (χ4v) is 3.06. The standard InChI is InChI=1S/C15H16BrNO2S/c16-15-8-6-14(7-9-15)12-17-20(18,19)11-10-13-4-2-1-3-5-13/h1-9,17H,10-12H2. The number of halogens is 1. The first kappa shape index (κ1) is 15.2. The predicted octanol–water partition coefficient (Wildman–Crippen LogP) is 3.11. The molecule has 1 N–H and O–H groups in total. The number of aryl methyl sites for hydroxylation is 1. The normalized spacial score (nSPS) is 11.4. The number of hydrogen-bond donors (Lipinski definition) is 1. The molecule has 0 heterocycles. The van der Waals surface area contributed by atoms with E-state index in [1.807, 2.05) is 54.6 Å². The molecule has 5 heteroatoms. The summed E-state index contributed by atoms with van der Waals surface area (Å²) < 4.78 is 27.4. The van der Waals surface area contributed by atoms with E-state index < -0.39 is 10.0 Å². The van der Waals surface area contributed by atoms with Gasteiger partial charge in [0.2, 0.25) is 10.0 Å². The molecular formula is C15H16BrNO2S. The van der Waals surface area contributed by atoms with Crippen molar-refractivity contribution < 1.29 is 8.42 Å². The van der Waals surface area contributed by atoms with Crippen LogP contribution in [0.15, 0.2) is 59.1 Å². The fraction of sp³-hybridized carbons (Fsp3) is 0.200. The molecular weight excluding hydrogens is 338 g/mol. The number of sulfonamides is 1. The quantitative estimate of drug-likeness (QED) is 0.867. The van der Waals surface area contributed by atoms with Crippen LogP contribution in [-0.2, 0) is 23.0 Å². The minimum Gasteiger partial charge on any atom is -0.212 e. The van der Waals surface area contributed by atoms with Crippen LogP contribution in [0.25, 0.3) is 0 Å². The number of hydrogen-bond acceptors (Lipinski definition) is 2. The Kier molecular flexibility index (Phi) is 5.34. The predicted molar refractivity (Wildman–Crippen MR) is 84.9 cm³/mol. The zero-order chi connectivity index (χ0) is 14.4. The van der Waals surface area contributed by atoms with Gasteiger partial charge in [-0.1, -0.05) is 58.4 Å². The van der Waals surface area contributed by atoms with E-state index in [1.165, 1.54) is 0 Å². The Morgan fingerprint density at radius 2 is 1.55 bits per heavy atom. The van der Waals surface area contributed by atoms with Crippen LogP contribution in [0.5, 0.6) is 0 Å². The van der Waals surface area contributed by atoms with Crippen LogP contribution in [0, 0.1) is 0 Å². The van der Waals surface area contributed by atoms with Gasteiger partial charge in [-0.3, -0.25) is 0 Å². The van der Waals surface area contributed by atoms with E-state index in [1.54, 1.807) is 0 Å². The minimum absolute atomic E-state index is 0.105. The molecule has 0 aliphatic carbocycles. The second kappa shape index (κ2) is 7.02. The molecule has 20 heavy (non-hydrogen) atoms. The third-order valence-corrected chi connectivity index (χ3v) is 4.77. The highest BCUT2D eigenvalue weighted by Gasteiger charge is 2.10. The largest absolute Gasteiger partial charge is 0.212 e. The first-order chi connectivity index (χ1) is 9.55. The summed E-state index contributed by atoms with van der Waals surface area (Å²) in [4.78, 5) is 0. The molecule has 0 aliphatic rings. The maximum Gasteiger partial charge on any atom is 0.212 e. The van der Waals surface area contributed by atoms with Gasteiger partial charge in [-0.25, -0.2) is 13.1 Å². The summed E-state index contributed by atoms with van der Waals surface area (Å²) in [6.07, 6.45) is 0.524. The van der Waals surface area contributed by atoms with Gasteiger partial charge in [0.25, 0.3) is 0 Å². The molecule has 0 aromatic heterocycles. The molecule has 0 radical (unpaired) electrons. The molecule has 3 nitrogen and oxygen atoms in total. The van der Waals surface area contributed by atoms with Gasteiger partial charge in [0.15, 0.2) is 0 Å². The lowest BCUT2D eigenvalue weighted by atomic mass is 10.2. The smallest absolute Gasteiger partial charge is 0.212 e. The molecule has 0 atom stereocenters. The third kappa shape index (κ3) is 5.07. The fourth-order valence-electron chi connectivity index (χ4n) is 1.76. The third-order valence-electron chi connectivity index (χ3n) is 2.91. The van der Waals surface area contributed by atoms with Crippen molar-refractivity contribution in [1.82, 2.24) is 4.72 Å². The summed E-state index contributed by atoms with van der Waals surface area (Å²) in [7, 11) is -3.25. The number of benzene rings is 2. The summed E-state index contributed by atoms with van der Waals surface area (Å²) in [5, 5.41) is 0. The average Bonchev–Trinajstić information content (AvgIpc) is 2.46. The van der Waals surface area contributed by atoms with Crippen LogP contribution in [-0.4, -0.2) is 14.2 Å². The molecule has 0 amide bonds. The molecule has 0 fully saturated rings. The van der Waals surface area contributed by atoms with Gasteiger partial charge < -0.3 is 0 Å². The minimum atomic E-state index is -3.25. The Morgan fingerprint density at radius 3 is 2.20 bits per heavy atom. The van der Waals surface area contributed by atoms with Crippen molar-refractivity contribution in [1.29, 1.82) is 0 Å². The highest BCUT2D eigenvalue weighted by atomic mass is 79.9. The average molecular weight is 354 g/mol. The molecule has 0 spiro atoms. The van der Waals surface area contributed by atoms with Crippen molar-refractivity contribution in [3.63, 3.8) is 0 Å². The van der Waals surface area contributed by atoms with E-state index in [-0.39, 0.29) is 5.75 Å². The lowest BCUT2D eigenvalue weighted by Gasteiger charge is -2.07. The second-order valence-electron chi connectivity index (χ2n) is 4.50. The van der Waals surface area contributed by atoms with Gasteiger partial charge in [-0.2, -0.15) is 0 Å². The zero-order valence-corrected chi connectivity index (χ0v) is 13.3. The van der Waals surface area contributed by atoms with Crippen molar-refractivity contribution >= 4 is 26.0 Å². The van der Waals surface area contributed by atoms with Crippen LogP contribution in [0.2, 0.25) is 0 Å². The van der Waals surface area contributed by atoms with Crippen molar-refractivity contribution in [2.45, 2.75) is 13.0 Å². The molecule has 0 bridgehead atoms. The SMILES string of the molecule is O=S(=O)(CCc1ccccc1)NCc1ccc(Br)cc1. The van der Waals surface area contributed by atoms with E-state index >= 15 is 0 Å². The van der Waals surface area contributed by atoms with E-state index in [0.717, 1.165) is 15.6 Å². The maximum absolute atomic E-state index is 11.9. The summed E-state index contributed by atoms with van der Waals surface area (Å²) in [6.45, 7) is 0.324. The zero-order valence-electron chi connectivity index (χ0n) is 10.9. The molecule has 0 unspecified atom stereocenters. The van der Waals surface area contributed by atoms with Crippen LogP contribution in [0.3, 0.4) is 0 Å². The highest BCUT2D eigenvalue weighted by molar-refractivity contribution is 9.10. The first-order valence-electron chi connectivity index (χ1n) is 6.31.